The van der Waals surface area contributed by atoms with E-state index in [1.54, 1.807) is 19.3 Å². The van der Waals surface area contributed by atoms with Crippen LogP contribution >= 0.6 is 0 Å². The van der Waals surface area contributed by atoms with Crippen LogP contribution in [-0.2, 0) is 13.1 Å². The molecule has 8 nitrogen and oxygen atoms in total. The fourth-order valence-electron chi connectivity index (χ4n) is 2.71. The highest BCUT2D eigenvalue weighted by Crippen LogP contribution is 2.38. The number of guanidine groups is 1. The van der Waals surface area contributed by atoms with Gasteiger partial charge in [-0.15, -0.1) is 0 Å². The van der Waals surface area contributed by atoms with Gasteiger partial charge in [-0.25, -0.2) is 4.98 Å². The molecule has 2 aromatic rings. The Morgan fingerprint density at radius 1 is 1.21 bits per heavy atom. The normalized spacial score (nSPS) is 12.8. The Morgan fingerprint density at radius 2 is 1.93 bits per heavy atom. The van der Waals surface area contributed by atoms with E-state index in [1.165, 1.54) is 6.07 Å². The Balaban J connectivity index is 1.64. The van der Waals surface area contributed by atoms with E-state index >= 15 is 0 Å². The van der Waals surface area contributed by atoms with E-state index < -0.39 is 6.61 Å². The number of pyridine rings is 1. The van der Waals surface area contributed by atoms with E-state index in [9.17, 15) is 8.78 Å². The predicted octanol–water partition coefficient (Wildman–Crippen LogP) is 2.34. The quantitative estimate of drug-likeness (QED) is 0.539. The first-order chi connectivity index (χ1) is 14.0. The monoisotopic (exact) mass is 407 g/mol. The Morgan fingerprint density at radius 3 is 2.62 bits per heavy atom. The minimum Gasteiger partial charge on any atom is -0.454 e. The number of benzene rings is 1. The van der Waals surface area contributed by atoms with Crippen molar-refractivity contribution in [2.45, 2.75) is 19.7 Å². The average molecular weight is 407 g/mol. The van der Waals surface area contributed by atoms with Crippen LogP contribution in [0.3, 0.4) is 0 Å². The highest BCUT2D eigenvalue weighted by molar-refractivity contribution is 5.79. The van der Waals surface area contributed by atoms with Crippen molar-refractivity contribution in [3.63, 3.8) is 0 Å². The summed E-state index contributed by atoms with van der Waals surface area (Å²) in [5, 5.41) is 6.27. The largest absolute Gasteiger partial charge is 0.454 e. The summed E-state index contributed by atoms with van der Waals surface area (Å²) in [5.74, 6) is 2.24. The van der Waals surface area contributed by atoms with Crippen molar-refractivity contribution in [3.8, 4) is 17.2 Å². The van der Waals surface area contributed by atoms with Crippen LogP contribution in [0.5, 0.6) is 17.2 Å². The second-order valence-electron chi connectivity index (χ2n) is 6.39. The second-order valence-corrected chi connectivity index (χ2v) is 6.39. The number of hydrogen-bond acceptors (Lipinski definition) is 6. The Kier molecular flexibility index (Phi) is 6.53. The molecule has 0 bridgehead atoms. The molecule has 0 spiro atoms. The van der Waals surface area contributed by atoms with Crippen LogP contribution in [0.2, 0.25) is 0 Å². The van der Waals surface area contributed by atoms with Gasteiger partial charge in [0.15, 0.2) is 17.5 Å². The van der Waals surface area contributed by atoms with Crippen molar-refractivity contribution in [1.29, 1.82) is 0 Å². The van der Waals surface area contributed by atoms with Gasteiger partial charge in [-0.2, -0.15) is 8.78 Å². The van der Waals surface area contributed by atoms with Crippen LogP contribution < -0.4 is 29.7 Å². The average Bonchev–Trinajstić information content (AvgIpc) is 3.15. The predicted molar refractivity (Wildman–Crippen MR) is 105 cm³/mol. The van der Waals surface area contributed by atoms with Crippen LogP contribution in [0.15, 0.2) is 35.5 Å². The number of aliphatic imine (C=N–C) groups is 1. The van der Waals surface area contributed by atoms with Gasteiger partial charge in [0.1, 0.15) is 11.6 Å². The van der Waals surface area contributed by atoms with Gasteiger partial charge in [0.2, 0.25) is 6.79 Å². The molecule has 0 aliphatic carbocycles. The summed E-state index contributed by atoms with van der Waals surface area (Å²) in [7, 11) is 5.47. The lowest BCUT2D eigenvalue weighted by atomic mass is 10.1. The van der Waals surface area contributed by atoms with Gasteiger partial charge in [-0.3, -0.25) is 4.99 Å². The molecule has 1 aliphatic heterocycles. The van der Waals surface area contributed by atoms with Gasteiger partial charge >= 0.3 is 6.61 Å². The standard InChI is InChI=1S/C19H23F2N5O3/c1-22-19(24-9-12-4-5-23-17(6-12)26(2)3)25-10-13-7-15-16(28-11-27-15)8-14(13)29-18(20)21/h4-8,18H,9-11H2,1-3H3,(H2,22,24,25). The minimum absolute atomic E-state index is 0.0250. The first kappa shape index (κ1) is 20.4. The van der Waals surface area contributed by atoms with E-state index in [0.717, 1.165) is 11.4 Å². The molecule has 0 amide bonds. The summed E-state index contributed by atoms with van der Waals surface area (Å²) in [6.45, 7) is -2.17. The smallest absolute Gasteiger partial charge is 0.387 e. The molecule has 10 heteroatoms. The summed E-state index contributed by atoms with van der Waals surface area (Å²) in [6, 6.07) is 6.89. The van der Waals surface area contributed by atoms with Crippen molar-refractivity contribution in [2.24, 2.45) is 4.99 Å². The van der Waals surface area contributed by atoms with Crippen molar-refractivity contribution >= 4 is 11.8 Å². The molecule has 2 N–H and O–H groups in total. The van der Waals surface area contributed by atoms with E-state index in [-0.39, 0.29) is 19.1 Å². The summed E-state index contributed by atoms with van der Waals surface area (Å²) >= 11 is 0. The summed E-state index contributed by atoms with van der Waals surface area (Å²) in [5.41, 5.74) is 1.52. The number of anilines is 1. The molecule has 1 aromatic carbocycles. The van der Waals surface area contributed by atoms with Crippen molar-refractivity contribution in [2.75, 3.05) is 32.8 Å². The van der Waals surface area contributed by atoms with Crippen molar-refractivity contribution in [3.05, 3.63) is 41.6 Å². The fourth-order valence-corrected chi connectivity index (χ4v) is 2.71. The van der Waals surface area contributed by atoms with Gasteiger partial charge in [-0.1, -0.05) is 0 Å². The van der Waals surface area contributed by atoms with Crippen LogP contribution in [0.4, 0.5) is 14.6 Å². The molecule has 0 unspecified atom stereocenters. The molecule has 156 valence electrons. The maximum Gasteiger partial charge on any atom is 0.387 e. The molecule has 0 radical (unpaired) electrons. The highest BCUT2D eigenvalue weighted by atomic mass is 19.3. The van der Waals surface area contributed by atoms with Crippen LogP contribution in [0, 0.1) is 0 Å². The molecule has 1 aliphatic rings. The van der Waals surface area contributed by atoms with Crippen molar-refractivity contribution in [1.82, 2.24) is 15.6 Å². The Labute approximate surface area is 167 Å². The number of alkyl halides is 2. The van der Waals surface area contributed by atoms with Gasteiger partial charge in [0.05, 0.1) is 0 Å². The SMILES string of the molecule is CN=C(NCc1ccnc(N(C)C)c1)NCc1cc2c(cc1OC(F)F)OCO2. The van der Waals surface area contributed by atoms with E-state index in [2.05, 4.69) is 25.3 Å². The van der Waals surface area contributed by atoms with Gasteiger partial charge < -0.3 is 29.7 Å². The molecule has 2 heterocycles. The van der Waals surface area contributed by atoms with Gasteiger partial charge in [0, 0.05) is 52.1 Å². The summed E-state index contributed by atoms with van der Waals surface area (Å²) < 4.78 is 40.7. The number of rotatable bonds is 7. The topological polar surface area (TPSA) is 80.2 Å². The van der Waals surface area contributed by atoms with E-state index in [0.29, 0.717) is 29.6 Å². The highest BCUT2D eigenvalue weighted by Gasteiger charge is 2.20. The third-order valence-electron chi connectivity index (χ3n) is 4.17. The number of fused-ring (bicyclic) bond motifs is 1. The number of halogens is 2. The van der Waals surface area contributed by atoms with Crippen LogP contribution in [0.1, 0.15) is 11.1 Å². The van der Waals surface area contributed by atoms with Gasteiger partial charge in [-0.05, 0) is 23.8 Å². The summed E-state index contributed by atoms with van der Waals surface area (Å²) in [6.07, 6.45) is 1.74. The summed E-state index contributed by atoms with van der Waals surface area (Å²) in [4.78, 5) is 10.4. The molecule has 0 atom stereocenters. The zero-order valence-electron chi connectivity index (χ0n) is 16.4. The molecule has 1 aromatic heterocycles. The molecule has 0 saturated carbocycles. The third-order valence-corrected chi connectivity index (χ3v) is 4.17. The number of ether oxygens (including phenoxy) is 3. The maximum absolute atomic E-state index is 12.8. The van der Waals surface area contributed by atoms with Gasteiger partial charge in [0.25, 0.3) is 0 Å². The molecule has 0 fully saturated rings. The lowest BCUT2D eigenvalue weighted by molar-refractivity contribution is -0.0505. The maximum atomic E-state index is 12.8. The molecule has 3 rings (SSSR count). The lowest BCUT2D eigenvalue weighted by Gasteiger charge is -2.16. The number of hydrogen-bond donors (Lipinski definition) is 2. The van der Waals surface area contributed by atoms with Crippen LogP contribution in [-0.4, -0.2) is 45.5 Å². The molecular weight excluding hydrogens is 384 g/mol. The first-order valence-corrected chi connectivity index (χ1v) is 8.90. The number of nitrogens with one attached hydrogen (secondary N) is 2. The zero-order valence-corrected chi connectivity index (χ0v) is 16.4. The minimum atomic E-state index is -2.94. The Hall–Kier alpha value is -3.30. The van der Waals surface area contributed by atoms with Crippen LogP contribution in [0.25, 0.3) is 0 Å². The van der Waals surface area contributed by atoms with Crippen molar-refractivity contribution < 1.29 is 23.0 Å². The number of aromatic nitrogens is 1. The lowest BCUT2D eigenvalue weighted by Crippen LogP contribution is -2.36. The second kappa shape index (κ2) is 9.26. The molecular formula is C19H23F2N5O3. The van der Waals surface area contributed by atoms with E-state index in [1.807, 2.05) is 31.1 Å². The molecule has 29 heavy (non-hydrogen) atoms. The Bertz CT molecular complexity index is 877. The molecule has 0 saturated heterocycles. The third kappa shape index (κ3) is 5.37. The fraction of sp³-hybridized carbons (Fsp3) is 0.368. The number of nitrogens with zero attached hydrogens (tertiary/aromatic N) is 3. The van der Waals surface area contributed by atoms with E-state index in [4.69, 9.17) is 9.47 Å². The zero-order chi connectivity index (χ0) is 20.8. The first-order valence-electron chi connectivity index (χ1n) is 8.90.